The van der Waals surface area contributed by atoms with Crippen LogP contribution in [0.4, 0.5) is 4.79 Å². The number of carbonyl (C=O) groups is 2. The van der Waals surface area contributed by atoms with Gasteiger partial charge < -0.3 is 36.0 Å². The van der Waals surface area contributed by atoms with E-state index in [9.17, 15) is 19.8 Å². The lowest BCUT2D eigenvalue weighted by Crippen LogP contribution is -2.49. The van der Waals surface area contributed by atoms with Gasteiger partial charge in [0.2, 0.25) is 5.91 Å². The minimum absolute atomic E-state index is 0.0500. The Kier molecular flexibility index (Phi) is 9.94. The van der Waals surface area contributed by atoms with Gasteiger partial charge in [0.05, 0.1) is 16.7 Å². The Hall–Kier alpha value is -2.85. The van der Waals surface area contributed by atoms with Crippen molar-refractivity contribution in [1.82, 2.24) is 10.2 Å². The zero-order valence-corrected chi connectivity index (χ0v) is 23.6. The highest BCUT2D eigenvalue weighted by Crippen LogP contribution is 2.47. The van der Waals surface area contributed by atoms with Gasteiger partial charge in [-0.3, -0.25) is 4.79 Å². The minimum Gasteiger partial charge on any atom is -0.465 e. The number of nitrogens with one attached hydrogen (secondary N) is 1. The Morgan fingerprint density at radius 1 is 1.20 bits per heavy atom. The zero-order valence-electron chi connectivity index (χ0n) is 22.9. The van der Waals surface area contributed by atoms with Gasteiger partial charge in [-0.05, 0) is 62.6 Å². The molecule has 2 aromatic carbocycles. The number of aryl methyl sites for hydroxylation is 1. The van der Waals surface area contributed by atoms with Crippen LogP contribution >= 0.6 is 11.6 Å². The third-order valence-electron chi connectivity index (χ3n) is 8.34. The van der Waals surface area contributed by atoms with Crippen molar-refractivity contribution in [2.45, 2.75) is 69.6 Å². The van der Waals surface area contributed by atoms with Gasteiger partial charge in [0.25, 0.3) is 0 Å². The van der Waals surface area contributed by atoms with Crippen molar-refractivity contribution in [3.05, 3.63) is 58.6 Å². The molecule has 1 unspecified atom stereocenters. The summed E-state index contributed by atoms with van der Waals surface area (Å²) in [6, 6.07) is 12.5. The predicted octanol–water partition coefficient (Wildman–Crippen LogP) is 4.27. The first-order valence-electron chi connectivity index (χ1n) is 14.1. The SMILES string of the molecule is CCc1ccccc1Oc1c(Cl)cccc1C(O)(CCCNC(=O)O)[C@@H]1CCCN(C(=O)[C@H]2C[C@@H](N)[C@@H](O)C2)C1. The van der Waals surface area contributed by atoms with Crippen molar-refractivity contribution < 1.29 is 29.6 Å². The maximum Gasteiger partial charge on any atom is 0.404 e. The number of carbonyl (C=O) groups excluding carboxylic acids is 1. The molecule has 0 aromatic heterocycles. The standard InChI is InChI=1S/C30H40ClN3O6/c1-2-19-8-3-4-12-26(19)40-27-22(10-5-11-23(27)31)30(39,13-7-14-33-29(37)38)21-9-6-15-34(18-21)28(36)20-16-24(32)25(35)17-20/h3-5,8,10-12,20-21,24-25,33,35,39H,2,6-7,9,13-18,32H2,1H3,(H,37,38)/t20-,21+,24+,25-,30?/m0/s1. The van der Waals surface area contributed by atoms with Gasteiger partial charge in [0, 0.05) is 43.1 Å². The molecule has 1 heterocycles. The lowest BCUT2D eigenvalue weighted by Gasteiger charge is -2.44. The summed E-state index contributed by atoms with van der Waals surface area (Å²) in [6.45, 7) is 3.09. The summed E-state index contributed by atoms with van der Waals surface area (Å²) >= 11 is 6.69. The first-order chi connectivity index (χ1) is 19.1. The molecule has 0 bridgehead atoms. The summed E-state index contributed by atoms with van der Waals surface area (Å²) in [5.41, 5.74) is 6.03. The molecule has 0 spiro atoms. The van der Waals surface area contributed by atoms with E-state index in [-0.39, 0.29) is 30.7 Å². The van der Waals surface area contributed by atoms with Gasteiger partial charge in [-0.1, -0.05) is 48.9 Å². The summed E-state index contributed by atoms with van der Waals surface area (Å²) in [5.74, 6) is 0.258. The van der Waals surface area contributed by atoms with Gasteiger partial charge in [-0.2, -0.15) is 0 Å². The number of carboxylic acid groups (broad SMARTS) is 1. The monoisotopic (exact) mass is 573 g/mol. The van der Waals surface area contributed by atoms with E-state index in [2.05, 4.69) is 5.32 Å². The Labute approximate surface area is 240 Å². The number of ether oxygens (including phenoxy) is 1. The van der Waals surface area contributed by atoms with Crippen LogP contribution in [-0.4, -0.2) is 64.0 Å². The van der Waals surface area contributed by atoms with Gasteiger partial charge in [0.1, 0.15) is 5.75 Å². The summed E-state index contributed by atoms with van der Waals surface area (Å²) < 4.78 is 6.40. The van der Waals surface area contributed by atoms with E-state index in [1.807, 2.05) is 31.2 Å². The lowest BCUT2D eigenvalue weighted by atomic mass is 9.73. The van der Waals surface area contributed by atoms with E-state index >= 15 is 0 Å². The number of benzene rings is 2. The molecular formula is C30H40ClN3O6. The Bertz CT molecular complexity index is 1190. The van der Waals surface area contributed by atoms with Crippen molar-refractivity contribution in [2.75, 3.05) is 19.6 Å². The normalized spacial score (nSPS) is 24.4. The number of aliphatic hydroxyl groups excluding tert-OH is 1. The van der Waals surface area contributed by atoms with Crippen molar-refractivity contribution >= 4 is 23.6 Å². The molecule has 1 aliphatic carbocycles. The number of likely N-dealkylation sites (tertiary alicyclic amines) is 1. The number of para-hydroxylation sites is 2. The van der Waals surface area contributed by atoms with Gasteiger partial charge >= 0.3 is 6.09 Å². The van der Waals surface area contributed by atoms with E-state index in [1.165, 1.54) is 0 Å². The second-order valence-corrected chi connectivity index (χ2v) is 11.4. The number of halogens is 1. The van der Waals surface area contributed by atoms with Crippen molar-refractivity contribution in [1.29, 1.82) is 0 Å². The Morgan fingerprint density at radius 2 is 1.98 bits per heavy atom. The number of rotatable bonds is 10. The summed E-state index contributed by atoms with van der Waals surface area (Å²) in [5, 5.41) is 34.4. The number of nitrogens with two attached hydrogens (primary N) is 1. The van der Waals surface area contributed by atoms with E-state index in [0.717, 1.165) is 12.0 Å². The molecule has 10 heteroatoms. The zero-order chi connectivity index (χ0) is 28.9. The maximum atomic E-state index is 13.4. The van der Waals surface area contributed by atoms with Crippen LogP contribution in [-0.2, 0) is 16.8 Å². The van der Waals surface area contributed by atoms with Gasteiger partial charge in [-0.15, -0.1) is 0 Å². The quantitative estimate of drug-likeness (QED) is 0.267. The van der Waals surface area contributed by atoms with E-state index in [4.69, 9.17) is 27.2 Å². The molecule has 6 N–H and O–H groups in total. The third kappa shape index (κ3) is 6.71. The highest BCUT2D eigenvalue weighted by atomic mass is 35.5. The molecule has 2 aliphatic rings. The summed E-state index contributed by atoms with van der Waals surface area (Å²) in [7, 11) is 0. The number of hydrogen-bond donors (Lipinski definition) is 5. The van der Waals surface area contributed by atoms with Gasteiger partial charge in [-0.25, -0.2) is 4.79 Å². The number of piperidine rings is 1. The van der Waals surface area contributed by atoms with Crippen molar-refractivity contribution in [3.63, 3.8) is 0 Å². The fourth-order valence-corrected chi connectivity index (χ4v) is 6.36. The average Bonchev–Trinajstić information content (AvgIpc) is 3.29. The fourth-order valence-electron chi connectivity index (χ4n) is 6.15. The van der Waals surface area contributed by atoms with E-state index in [1.54, 1.807) is 23.1 Å². The highest BCUT2D eigenvalue weighted by molar-refractivity contribution is 6.32. The van der Waals surface area contributed by atoms with Crippen LogP contribution in [0.5, 0.6) is 11.5 Å². The molecule has 1 saturated heterocycles. The smallest absolute Gasteiger partial charge is 0.404 e. The van der Waals surface area contributed by atoms with Crippen LogP contribution < -0.4 is 15.8 Å². The lowest BCUT2D eigenvalue weighted by molar-refractivity contribution is -0.141. The third-order valence-corrected chi connectivity index (χ3v) is 8.64. The largest absolute Gasteiger partial charge is 0.465 e. The number of amides is 2. The number of aliphatic hydroxyl groups is 2. The molecule has 218 valence electrons. The van der Waals surface area contributed by atoms with Crippen LogP contribution in [0, 0.1) is 11.8 Å². The van der Waals surface area contributed by atoms with Crippen LogP contribution in [0.3, 0.4) is 0 Å². The van der Waals surface area contributed by atoms with Crippen LogP contribution in [0.15, 0.2) is 42.5 Å². The molecule has 4 rings (SSSR count). The molecular weight excluding hydrogens is 534 g/mol. The van der Waals surface area contributed by atoms with Crippen LogP contribution in [0.2, 0.25) is 5.02 Å². The van der Waals surface area contributed by atoms with E-state index < -0.39 is 23.8 Å². The molecule has 0 radical (unpaired) electrons. The number of hydrogen-bond acceptors (Lipinski definition) is 6. The molecule has 1 saturated carbocycles. The second-order valence-electron chi connectivity index (χ2n) is 11.0. The molecule has 40 heavy (non-hydrogen) atoms. The first-order valence-corrected chi connectivity index (χ1v) is 14.5. The molecule has 2 fully saturated rings. The molecule has 5 atom stereocenters. The highest BCUT2D eigenvalue weighted by Gasteiger charge is 2.45. The van der Waals surface area contributed by atoms with Crippen LogP contribution in [0.25, 0.3) is 0 Å². The summed E-state index contributed by atoms with van der Waals surface area (Å²) in [6.07, 6.45) is 1.68. The molecule has 2 amide bonds. The van der Waals surface area contributed by atoms with Crippen LogP contribution in [0.1, 0.15) is 56.6 Å². The molecule has 1 aliphatic heterocycles. The molecule has 9 nitrogen and oxygen atoms in total. The number of nitrogens with zero attached hydrogens (tertiary/aromatic N) is 1. The van der Waals surface area contributed by atoms with Crippen molar-refractivity contribution in [3.8, 4) is 11.5 Å². The van der Waals surface area contributed by atoms with Crippen molar-refractivity contribution in [2.24, 2.45) is 17.6 Å². The fraction of sp³-hybridized carbons (Fsp3) is 0.533. The van der Waals surface area contributed by atoms with E-state index in [0.29, 0.717) is 67.3 Å². The topological polar surface area (TPSA) is 145 Å². The molecule has 2 aromatic rings. The van der Waals surface area contributed by atoms with Gasteiger partial charge in [0.15, 0.2) is 5.75 Å². The predicted molar refractivity (Wildman–Crippen MR) is 153 cm³/mol. The second kappa shape index (κ2) is 13.2. The summed E-state index contributed by atoms with van der Waals surface area (Å²) in [4.78, 5) is 26.3. The Balaban J connectivity index is 1.66. The Morgan fingerprint density at radius 3 is 2.67 bits per heavy atom. The maximum absolute atomic E-state index is 13.4. The first kappa shape index (κ1) is 30.1. The average molecular weight is 574 g/mol. The minimum atomic E-state index is -1.45.